The standard InChI is InChI=1S/CH18O18Si12/c1-21-6-26-16-29-10-22(2)8-28(9-23(3)11-29)12-24-4-20-5-25-14-30(13-24)17-27(7-21)19-31(15-25)18-26/h2-3,21-31H,20H2,1H3. The Bertz CT molecular complexity index is 581. The van der Waals surface area contributed by atoms with Gasteiger partial charge in [-0.2, -0.15) is 0 Å². The molecule has 9 unspecified atom stereocenters. The molecule has 10 aliphatic heterocycles. The summed E-state index contributed by atoms with van der Waals surface area (Å²) in [7, 11) is -34.1. The third kappa shape index (κ3) is 6.98. The maximum Gasteiger partial charge on any atom is 0.466 e. The first-order valence-corrected chi connectivity index (χ1v) is 26.2. The van der Waals surface area contributed by atoms with Gasteiger partial charge >= 0.3 is 105 Å². The molecule has 0 saturated carbocycles. The normalized spacial score (nSPS) is 52.5. The number of rotatable bonds is 0. The summed E-state index contributed by atoms with van der Waals surface area (Å²) in [6.07, 6.45) is 0. The molecule has 10 fully saturated rings. The fourth-order valence-corrected chi connectivity index (χ4v) is 39.0. The van der Waals surface area contributed by atoms with Gasteiger partial charge in [-0.1, -0.05) is 0 Å². The van der Waals surface area contributed by atoms with Gasteiger partial charge in [0, 0.05) is 0 Å². The predicted octanol–water partition coefficient (Wildman–Crippen LogP) is -9.67. The molecule has 10 heterocycles. The molecule has 10 rings (SSSR count). The van der Waals surface area contributed by atoms with Crippen LogP contribution in [0.3, 0.4) is 0 Å². The van der Waals surface area contributed by atoms with Crippen molar-refractivity contribution >= 4 is 115 Å². The first-order chi connectivity index (χ1) is 15.0. The van der Waals surface area contributed by atoms with Crippen LogP contribution in [0, 0.1) is 0 Å². The van der Waals surface area contributed by atoms with Crippen LogP contribution in [-0.2, 0) is 65.8 Å². The maximum atomic E-state index is 10.2. The highest BCUT2D eigenvalue weighted by Crippen LogP contribution is 2.20. The van der Waals surface area contributed by atoms with E-state index in [-0.39, 0.29) is 0 Å². The molecule has 18 nitrogen and oxygen atoms in total. The van der Waals surface area contributed by atoms with Crippen molar-refractivity contribution in [3.8, 4) is 0 Å². The maximum absolute atomic E-state index is 10.2. The second-order valence-electron chi connectivity index (χ2n) is 5.85. The summed E-state index contributed by atoms with van der Waals surface area (Å²) in [4.78, 5) is 20.4. The molecule has 0 aromatic heterocycles. The van der Waals surface area contributed by atoms with Gasteiger partial charge in [-0.25, -0.2) is 0 Å². The van der Waals surface area contributed by atoms with E-state index >= 15 is 0 Å². The molecule has 0 aromatic carbocycles. The van der Waals surface area contributed by atoms with Crippen LogP contribution in [0.25, 0.3) is 0 Å². The zero-order valence-electron chi connectivity index (χ0n) is 15.5. The molecular formula is CH18O18Si12. The molecule has 31 heavy (non-hydrogen) atoms. The Hall–Kier alpha value is 1.88. The van der Waals surface area contributed by atoms with Crippen molar-refractivity contribution in [1.29, 1.82) is 0 Å². The summed E-state index contributed by atoms with van der Waals surface area (Å²) in [6, 6.07) is 0. The molecule has 0 aromatic rings. The SMILES string of the molecule is C[SiH]1O[SiH]2O[SiH]3O[SiH](O)O[SiH](O[SiH](O)O3)O[SiH]3O[SiH2]O[SiH]4O[SiH](O3)O[SiH](O1)O[SiH](O4)O2. The van der Waals surface area contributed by atoms with Crippen LogP contribution in [0.1, 0.15) is 0 Å². The van der Waals surface area contributed by atoms with E-state index in [9.17, 15) is 9.59 Å². The summed E-state index contributed by atoms with van der Waals surface area (Å²) in [6.45, 7) is 1.74. The summed E-state index contributed by atoms with van der Waals surface area (Å²) < 4.78 is 91.4. The van der Waals surface area contributed by atoms with Crippen molar-refractivity contribution in [3.63, 3.8) is 0 Å². The molecule has 0 radical (unpaired) electrons. The topological polar surface area (TPSA) is 188 Å². The van der Waals surface area contributed by atoms with E-state index in [1.54, 1.807) is 6.55 Å². The summed E-state index contributed by atoms with van der Waals surface area (Å²) >= 11 is 0. The molecule has 2 N–H and O–H groups in total. The van der Waals surface area contributed by atoms with E-state index in [2.05, 4.69) is 0 Å². The molecule has 10 saturated heterocycles. The molecule has 0 amide bonds. The number of hydrogen-bond donors (Lipinski definition) is 2. The Morgan fingerprint density at radius 2 is 0.710 bits per heavy atom. The van der Waals surface area contributed by atoms with Crippen molar-refractivity contribution in [1.82, 2.24) is 0 Å². The fourth-order valence-electron chi connectivity index (χ4n) is 2.46. The van der Waals surface area contributed by atoms with Gasteiger partial charge in [-0.15, -0.1) is 0 Å². The second-order valence-corrected chi connectivity index (χ2v) is 31.0. The smallest absolute Gasteiger partial charge is 0.401 e. The zero-order chi connectivity index (χ0) is 21.4. The Morgan fingerprint density at radius 3 is 1.10 bits per heavy atom. The minimum absolute atomic E-state index is 1.62. The second kappa shape index (κ2) is 11.3. The van der Waals surface area contributed by atoms with Gasteiger partial charge in [0.1, 0.15) is 0 Å². The molecule has 0 spiro atoms. The highest BCUT2D eigenvalue weighted by molar-refractivity contribution is 6.78. The van der Waals surface area contributed by atoms with Crippen LogP contribution in [0.2, 0.25) is 6.55 Å². The summed E-state index contributed by atoms with van der Waals surface area (Å²) in [5.41, 5.74) is 0. The van der Waals surface area contributed by atoms with Gasteiger partial charge in [0.05, 0.1) is 0 Å². The third-order valence-electron chi connectivity index (χ3n) is 3.70. The monoisotopic (exact) mass is 654 g/mol. The summed E-state index contributed by atoms with van der Waals surface area (Å²) in [5, 5.41) is 0. The van der Waals surface area contributed by atoms with Gasteiger partial charge in [-0.3, -0.25) is 0 Å². The van der Waals surface area contributed by atoms with Crippen LogP contribution in [0.4, 0.5) is 0 Å². The average Bonchev–Trinajstić information content (AvgIpc) is 2.60. The minimum atomic E-state index is -3.29. The van der Waals surface area contributed by atoms with E-state index in [0.717, 1.165) is 0 Å². The molecule has 8 bridgehead atoms. The van der Waals surface area contributed by atoms with Gasteiger partial charge < -0.3 is 75.4 Å². The van der Waals surface area contributed by atoms with E-state index in [4.69, 9.17) is 65.8 Å². The number of hydrogen-bond acceptors (Lipinski definition) is 18. The highest BCUT2D eigenvalue weighted by atomic mass is 28.6. The highest BCUT2D eigenvalue weighted by Gasteiger charge is 2.48. The van der Waals surface area contributed by atoms with Crippen molar-refractivity contribution in [2.45, 2.75) is 6.55 Å². The third-order valence-corrected chi connectivity index (χ3v) is 33.3. The van der Waals surface area contributed by atoms with Gasteiger partial charge in [0.25, 0.3) is 10.0 Å². The predicted molar refractivity (Wildman–Crippen MR) is 115 cm³/mol. The molecule has 9 atom stereocenters. The lowest BCUT2D eigenvalue weighted by atomic mass is 11.9. The van der Waals surface area contributed by atoms with E-state index < -0.39 is 115 Å². The molecule has 178 valence electrons. The molecule has 0 aliphatic carbocycles. The van der Waals surface area contributed by atoms with Crippen molar-refractivity contribution < 1.29 is 75.4 Å². The van der Waals surface area contributed by atoms with Crippen LogP contribution in [-0.4, -0.2) is 124 Å². The summed E-state index contributed by atoms with van der Waals surface area (Å²) in [5.74, 6) is 0. The van der Waals surface area contributed by atoms with E-state index in [1.165, 1.54) is 0 Å². The Balaban J connectivity index is 1.47. The van der Waals surface area contributed by atoms with Gasteiger partial charge in [0.15, 0.2) is 0 Å². The van der Waals surface area contributed by atoms with Crippen LogP contribution in [0.5, 0.6) is 0 Å². The van der Waals surface area contributed by atoms with Crippen LogP contribution < -0.4 is 0 Å². The van der Waals surface area contributed by atoms with Gasteiger partial charge in [0.2, 0.25) is 0 Å². The van der Waals surface area contributed by atoms with E-state index in [0.29, 0.717) is 0 Å². The first kappa shape index (κ1) is 24.6. The molecular weight excluding hydrogens is 637 g/mol. The molecule has 30 heteroatoms. The van der Waals surface area contributed by atoms with Crippen LogP contribution in [0.15, 0.2) is 0 Å². The Morgan fingerprint density at radius 1 is 0.419 bits per heavy atom. The lowest BCUT2D eigenvalue weighted by Gasteiger charge is -2.39. The zero-order valence-corrected chi connectivity index (χ0v) is 29.6. The van der Waals surface area contributed by atoms with Gasteiger partial charge in [-0.05, 0) is 6.55 Å². The molecule has 10 aliphatic rings. The average molecular weight is 655 g/mol. The fraction of sp³-hybridized carbons (Fsp3) is 1.00. The Labute approximate surface area is 196 Å². The quantitative estimate of drug-likeness (QED) is 0.234. The van der Waals surface area contributed by atoms with Crippen molar-refractivity contribution in [2.24, 2.45) is 0 Å². The lowest BCUT2D eigenvalue weighted by molar-refractivity contribution is 0.0851. The first-order valence-electron chi connectivity index (χ1n) is 8.74. The van der Waals surface area contributed by atoms with Crippen molar-refractivity contribution in [2.75, 3.05) is 0 Å². The largest absolute Gasteiger partial charge is 0.466 e. The van der Waals surface area contributed by atoms with Crippen LogP contribution >= 0.6 is 0 Å². The Kier molecular flexibility index (Phi) is 8.95. The van der Waals surface area contributed by atoms with E-state index in [1.807, 2.05) is 0 Å². The van der Waals surface area contributed by atoms with Crippen molar-refractivity contribution in [3.05, 3.63) is 0 Å². The lowest BCUT2D eigenvalue weighted by Crippen LogP contribution is -2.62. The minimum Gasteiger partial charge on any atom is -0.401 e.